The molecular formula is C19H21NO3. The third-order valence-electron chi connectivity index (χ3n) is 3.62. The van der Waals surface area contributed by atoms with Crippen LogP contribution in [-0.2, 0) is 5.41 Å². The molecule has 4 heteroatoms. The molecule has 0 aromatic heterocycles. The lowest BCUT2D eigenvalue weighted by Crippen LogP contribution is -2.13. The second kappa shape index (κ2) is 6.65. The van der Waals surface area contributed by atoms with E-state index in [-0.39, 0.29) is 11.1 Å². The van der Waals surface area contributed by atoms with Crippen LogP contribution >= 0.6 is 0 Å². The third kappa shape index (κ3) is 3.97. The van der Waals surface area contributed by atoms with Gasteiger partial charge in [-0.25, -0.2) is 0 Å². The first-order valence-corrected chi connectivity index (χ1v) is 7.43. The molecule has 2 aromatic carbocycles. The Morgan fingerprint density at radius 1 is 1.04 bits per heavy atom. The Labute approximate surface area is 136 Å². The van der Waals surface area contributed by atoms with E-state index in [1.165, 1.54) is 12.1 Å². The SMILES string of the molecule is COc1c(C=Cc2ccc([N+](=O)[O-])cc2)cccc1C(C)(C)C. The van der Waals surface area contributed by atoms with Gasteiger partial charge in [-0.3, -0.25) is 10.1 Å². The van der Waals surface area contributed by atoms with Gasteiger partial charge in [0, 0.05) is 23.3 Å². The fourth-order valence-corrected chi connectivity index (χ4v) is 2.40. The minimum Gasteiger partial charge on any atom is -0.496 e. The van der Waals surface area contributed by atoms with Crippen molar-refractivity contribution in [2.75, 3.05) is 7.11 Å². The minimum atomic E-state index is -0.399. The second-order valence-corrected chi connectivity index (χ2v) is 6.36. The summed E-state index contributed by atoms with van der Waals surface area (Å²) in [6.07, 6.45) is 3.89. The molecule has 0 saturated heterocycles. The first kappa shape index (κ1) is 16.7. The van der Waals surface area contributed by atoms with E-state index in [2.05, 4.69) is 26.8 Å². The molecule has 0 heterocycles. The second-order valence-electron chi connectivity index (χ2n) is 6.36. The van der Waals surface area contributed by atoms with Crippen LogP contribution < -0.4 is 4.74 Å². The maximum atomic E-state index is 10.7. The highest BCUT2D eigenvalue weighted by molar-refractivity contribution is 5.74. The van der Waals surface area contributed by atoms with Crippen molar-refractivity contribution < 1.29 is 9.66 Å². The van der Waals surface area contributed by atoms with E-state index in [0.29, 0.717) is 0 Å². The number of nitrogens with zero attached hydrogens (tertiary/aromatic N) is 1. The first-order valence-electron chi connectivity index (χ1n) is 7.43. The van der Waals surface area contributed by atoms with Crippen LogP contribution in [0, 0.1) is 10.1 Å². The summed E-state index contributed by atoms with van der Waals surface area (Å²) in [5.41, 5.74) is 3.11. The Kier molecular flexibility index (Phi) is 4.84. The van der Waals surface area contributed by atoms with Crippen LogP contribution in [0.1, 0.15) is 37.5 Å². The summed E-state index contributed by atoms with van der Waals surface area (Å²) < 4.78 is 5.60. The van der Waals surface area contributed by atoms with Crippen LogP contribution in [0.25, 0.3) is 12.2 Å². The van der Waals surface area contributed by atoms with Crippen LogP contribution in [-0.4, -0.2) is 12.0 Å². The summed E-state index contributed by atoms with van der Waals surface area (Å²) in [6.45, 7) is 6.44. The Bertz CT molecular complexity index is 725. The zero-order chi connectivity index (χ0) is 17.0. The fraction of sp³-hybridized carbons (Fsp3) is 0.263. The standard InChI is InChI=1S/C19H21NO3/c1-19(2,3)17-7-5-6-15(18(17)23-4)11-8-14-9-12-16(13-10-14)20(21)22/h5-13H,1-4H3. The number of hydrogen-bond acceptors (Lipinski definition) is 3. The molecule has 0 bridgehead atoms. The highest BCUT2D eigenvalue weighted by Gasteiger charge is 2.19. The molecule has 0 spiro atoms. The summed E-state index contributed by atoms with van der Waals surface area (Å²) in [6, 6.07) is 12.5. The van der Waals surface area contributed by atoms with Crippen LogP contribution in [0.4, 0.5) is 5.69 Å². The molecule has 23 heavy (non-hydrogen) atoms. The number of ether oxygens (including phenoxy) is 1. The van der Waals surface area contributed by atoms with E-state index >= 15 is 0 Å². The lowest BCUT2D eigenvalue weighted by atomic mass is 9.85. The predicted octanol–water partition coefficient (Wildman–Crippen LogP) is 5.07. The Balaban J connectivity index is 2.34. The van der Waals surface area contributed by atoms with E-state index < -0.39 is 4.92 Å². The normalized spacial score (nSPS) is 11.7. The van der Waals surface area contributed by atoms with Gasteiger partial charge >= 0.3 is 0 Å². The van der Waals surface area contributed by atoms with Crippen molar-refractivity contribution in [1.29, 1.82) is 0 Å². The molecule has 2 aromatic rings. The van der Waals surface area contributed by atoms with Gasteiger partial charge in [0.2, 0.25) is 0 Å². The van der Waals surface area contributed by atoms with Gasteiger partial charge in [0.1, 0.15) is 5.75 Å². The van der Waals surface area contributed by atoms with Crippen LogP contribution in [0.2, 0.25) is 0 Å². The lowest BCUT2D eigenvalue weighted by molar-refractivity contribution is -0.384. The van der Waals surface area contributed by atoms with Crippen molar-refractivity contribution in [3.05, 3.63) is 69.3 Å². The molecule has 0 aliphatic carbocycles. The molecular weight excluding hydrogens is 290 g/mol. The van der Waals surface area contributed by atoms with Crippen LogP contribution in [0.3, 0.4) is 0 Å². The molecule has 0 radical (unpaired) electrons. The number of hydrogen-bond donors (Lipinski definition) is 0. The highest BCUT2D eigenvalue weighted by Crippen LogP contribution is 2.34. The molecule has 0 aliphatic rings. The molecule has 120 valence electrons. The van der Waals surface area contributed by atoms with Crippen LogP contribution in [0.15, 0.2) is 42.5 Å². The average molecular weight is 311 g/mol. The number of nitro groups is 1. The van der Waals surface area contributed by atoms with Crippen LogP contribution in [0.5, 0.6) is 5.75 Å². The van der Waals surface area contributed by atoms with Gasteiger partial charge in [-0.2, -0.15) is 0 Å². The Morgan fingerprint density at radius 2 is 1.70 bits per heavy atom. The number of rotatable bonds is 4. The highest BCUT2D eigenvalue weighted by atomic mass is 16.6. The van der Waals surface area contributed by atoms with Gasteiger partial charge in [0.25, 0.3) is 5.69 Å². The average Bonchev–Trinajstić information content (AvgIpc) is 2.52. The van der Waals surface area contributed by atoms with E-state index in [1.807, 2.05) is 24.3 Å². The Morgan fingerprint density at radius 3 is 2.22 bits per heavy atom. The van der Waals surface area contributed by atoms with Gasteiger partial charge in [0.05, 0.1) is 12.0 Å². The van der Waals surface area contributed by atoms with E-state index in [1.54, 1.807) is 19.2 Å². The molecule has 4 nitrogen and oxygen atoms in total. The van der Waals surface area contributed by atoms with Gasteiger partial charge in [0.15, 0.2) is 0 Å². The number of nitro benzene ring substituents is 1. The number of benzene rings is 2. The molecule has 0 unspecified atom stereocenters. The fourth-order valence-electron chi connectivity index (χ4n) is 2.40. The summed E-state index contributed by atoms with van der Waals surface area (Å²) in [5, 5.41) is 10.7. The van der Waals surface area contributed by atoms with Crippen molar-refractivity contribution in [1.82, 2.24) is 0 Å². The maximum absolute atomic E-state index is 10.7. The zero-order valence-electron chi connectivity index (χ0n) is 13.9. The Hall–Kier alpha value is -2.62. The largest absolute Gasteiger partial charge is 0.496 e. The molecule has 0 amide bonds. The number of methoxy groups -OCH3 is 1. The quantitative estimate of drug-likeness (QED) is 0.450. The van der Waals surface area contributed by atoms with E-state index in [9.17, 15) is 10.1 Å². The molecule has 0 atom stereocenters. The van der Waals surface area contributed by atoms with Crippen molar-refractivity contribution in [3.63, 3.8) is 0 Å². The smallest absolute Gasteiger partial charge is 0.269 e. The van der Waals surface area contributed by atoms with Crippen molar-refractivity contribution in [2.24, 2.45) is 0 Å². The number of non-ortho nitro benzene ring substituents is 1. The molecule has 2 rings (SSSR count). The predicted molar refractivity (Wildman–Crippen MR) is 93.7 cm³/mol. The molecule has 0 N–H and O–H groups in total. The summed E-state index contributed by atoms with van der Waals surface area (Å²) in [5.74, 6) is 0.859. The summed E-state index contributed by atoms with van der Waals surface area (Å²) >= 11 is 0. The maximum Gasteiger partial charge on any atom is 0.269 e. The lowest BCUT2D eigenvalue weighted by Gasteiger charge is -2.23. The number of para-hydroxylation sites is 1. The van der Waals surface area contributed by atoms with Gasteiger partial charge in [-0.05, 0) is 23.1 Å². The first-order chi connectivity index (χ1) is 10.8. The summed E-state index contributed by atoms with van der Waals surface area (Å²) in [7, 11) is 1.67. The third-order valence-corrected chi connectivity index (χ3v) is 3.62. The van der Waals surface area contributed by atoms with Gasteiger partial charge in [-0.1, -0.05) is 51.1 Å². The minimum absolute atomic E-state index is 0.0114. The van der Waals surface area contributed by atoms with Gasteiger partial charge in [-0.15, -0.1) is 0 Å². The zero-order valence-corrected chi connectivity index (χ0v) is 13.9. The summed E-state index contributed by atoms with van der Waals surface area (Å²) in [4.78, 5) is 10.3. The molecule has 0 fully saturated rings. The molecule has 0 aliphatic heterocycles. The molecule has 0 saturated carbocycles. The topological polar surface area (TPSA) is 52.4 Å². The van der Waals surface area contributed by atoms with Crippen molar-refractivity contribution >= 4 is 17.8 Å². The van der Waals surface area contributed by atoms with E-state index in [4.69, 9.17) is 4.74 Å². The van der Waals surface area contributed by atoms with Crippen molar-refractivity contribution in [2.45, 2.75) is 26.2 Å². The van der Waals surface area contributed by atoms with Crippen molar-refractivity contribution in [3.8, 4) is 5.75 Å². The van der Waals surface area contributed by atoms with Gasteiger partial charge < -0.3 is 4.74 Å². The monoisotopic (exact) mass is 311 g/mol. The van der Waals surface area contributed by atoms with E-state index in [0.717, 1.165) is 22.4 Å².